The van der Waals surface area contributed by atoms with Crippen molar-refractivity contribution in [2.75, 3.05) is 0 Å². The molecule has 4 rings (SSSR count). The van der Waals surface area contributed by atoms with Crippen LogP contribution < -0.4 is 21.0 Å². The molecule has 0 bridgehead atoms. The summed E-state index contributed by atoms with van der Waals surface area (Å²) in [7, 11) is -5.51. The van der Waals surface area contributed by atoms with Crippen LogP contribution in [0.5, 0.6) is 0 Å². The lowest BCUT2D eigenvalue weighted by Crippen LogP contribution is -2.53. The lowest BCUT2D eigenvalue weighted by Gasteiger charge is -2.33. The van der Waals surface area contributed by atoms with E-state index in [9.17, 15) is 14.4 Å². The molecule has 0 aliphatic carbocycles. The highest BCUT2D eigenvalue weighted by molar-refractivity contribution is 6.88. The summed E-state index contributed by atoms with van der Waals surface area (Å²) in [6.45, 7) is 17.3. The van der Waals surface area contributed by atoms with Crippen molar-refractivity contribution >= 4 is 38.9 Å². The number of halogens is 1. The fourth-order valence-corrected chi connectivity index (χ4v) is 13.2. The highest BCUT2D eigenvalue weighted by Crippen LogP contribution is 2.33. The Labute approximate surface area is 302 Å². The predicted octanol–water partition coefficient (Wildman–Crippen LogP) is 8.00. The van der Waals surface area contributed by atoms with Gasteiger partial charge in [0.15, 0.2) is 0 Å². The maximum atomic E-state index is 15.5. The Balaban J connectivity index is 0.000000270. The van der Waals surface area contributed by atoms with Crippen LogP contribution in [0, 0.1) is 0 Å². The molecule has 0 atom stereocenters. The molecule has 0 radical (unpaired) electrons. The molecule has 268 valence electrons. The van der Waals surface area contributed by atoms with Crippen molar-refractivity contribution in [3.8, 4) is 0 Å². The summed E-state index contributed by atoms with van der Waals surface area (Å²) in [5.41, 5.74) is 4.64. The molecule has 4 aromatic rings. The Hall–Kier alpha value is -3.86. The first-order valence-corrected chi connectivity index (χ1v) is 22.0. The van der Waals surface area contributed by atoms with Crippen LogP contribution in [-0.4, -0.2) is 33.3 Å². The van der Waals surface area contributed by atoms with Crippen molar-refractivity contribution in [2.45, 2.75) is 103 Å². The van der Waals surface area contributed by atoms with E-state index in [0.717, 1.165) is 32.6 Å². The molecule has 0 aliphatic heterocycles. The third kappa shape index (κ3) is 11.1. The van der Waals surface area contributed by atoms with Crippen LogP contribution in [-0.2, 0) is 35.5 Å². The standard InChI is InChI=1S/C21H28FNOSi.C21H29NO2Si/c1-16(2)25(22,17(3)4)20-12-10-18(11-13-20)14-21(24)23-15-19-8-6-5-7-9-19;1-16(2)25(24,17(3)4)20-12-10-18(11-13-20)14-21(23)22-15-19-8-6-5-7-9-19/h5-13,16-17H,14-15H2,1-4H3,(H,23,24);5-13,16-17,24H,14-15H2,1-4H3,(H,22,23)/i22-1;. The summed E-state index contributed by atoms with van der Waals surface area (Å²) in [6, 6.07) is 35.2. The summed E-state index contributed by atoms with van der Waals surface area (Å²) in [6.07, 6.45) is 0.674. The maximum absolute atomic E-state index is 15.5. The van der Waals surface area contributed by atoms with Crippen LogP contribution in [0.25, 0.3) is 0 Å². The second kappa shape index (κ2) is 18.9. The SMILES string of the molecule is CC(C)[Si](O)(c1ccc(CC(=O)NCc2ccccc2)cc1)C(C)C.CC(C)[Si]([18F])(c1ccc(CC(=O)NCc2ccccc2)cc1)C(C)C. The van der Waals surface area contributed by atoms with Gasteiger partial charge >= 0.3 is 0 Å². The molecular formula is C42H57FN2O3Si2. The molecule has 0 fully saturated rings. The van der Waals surface area contributed by atoms with E-state index in [0.29, 0.717) is 25.9 Å². The number of carbonyl (C=O) groups is 2. The number of hydrogen-bond donors (Lipinski definition) is 3. The Bertz CT molecular complexity index is 1470. The molecule has 0 aromatic heterocycles. The topological polar surface area (TPSA) is 78.4 Å². The van der Waals surface area contributed by atoms with E-state index in [4.69, 9.17) is 0 Å². The number of amides is 2. The number of carbonyl (C=O) groups excluding carboxylic acids is 2. The summed E-state index contributed by atoms with van der Waals surface area (Å²) in [4.78, 5) is 35.4. The summed E-state index contributed by atoms with van der Waals surface area (Å²) in [5.74, 6) is -0.00934. The van der Waals surface area contributed by atoms with Crippen LogP contribution in [0.1, 0.15) is 77.6 Å². The monoisotopic (exact) mass is 711 g/mol. The van der Waals surface area contributed by atoms with Gasteiger partial charge in [-0.05, 0) is 54.8 Å². The van der Waals surface area contributed by atoms with Crippen LogP contribution >= 0.6 is 0 Å². The van der Waals surface area contributed by atoms with E-state index < -0.39 is 16.7 Å². The first kappa shape index (κ1) is 40.6. The number of nitrogens with one attached hydrogen (secondary N) is 2. The van der Waals surface area contributed by atoms with Gasteiger partial charge in [-0.3, -0.25) is 9.59 Å². The molecule has 0 aliphatic rings. The third-order valence-corrected chi connectivity index (χ3v) is 19.0. The van der Waals surface area contributed by atoms with Gasteiger partial charge in [-0.25, -0.2) is 0 Å². The van der Waals surface area contributed by atoms with Crippen molar-refractivity contribution in [1.29, 1.82) is 0 Å². The molecule has 0 heterocycles. The molecule has 0 unspecified atom stereocenters. The Morgan fingerprint density at radius 3 is 1.18 bits per heavy atom. The quantitative estimate of drug-likeness (QED) is 0.0917. The predicted molar refractivity (Wildman–Crippen MR) is 211 cm³/mol. The van der Waals surface area contributed by atoms with Crippen LogP contribution in [0.3, 0.4) is 0 Å². The van der Waals surface area contributed by atoms with Crippen LogP contribution in [0.2, 0.25) is 22.2 Å². The second-order valence-electron chi connectivity index (χ2n) is 14.5. The molecule has 4 aromatic carbocycles. The first-order valence-electron chi connectivity index (χ1n) is 17.9. The molecule has 0 saturated carbocycles. The summed E-state index contributed by atoms with van der Waals surface area (Å²) < 4.78 is 15.5. The van der Waals surface area contributed by atoms with Crippen LogP contribution in [0.4, 0.5) is 4.11 Å². The smallest absolute Gasteiger partial charge is 0.282 e. The van der Waals surface area contributed by atoms with Crippen molar-refractivity contribution in [2.24, 2.45) is 0 Å². The van der Waals surface area contributed by atoms with Crippen molar-refractivity contribution in [3.05, 3.63) is 131 Å². The molecule has 3 N–H and O–H groups in total. The average Bonchev–Trinajstić information content (AvgIpc) is 3.10. The van der Waals surface area contributed by atoms with Gasteiger partial charge in [0.1, 0.15) is 0 Å². The highest BCUT2D eigenvalue weighted by atomic mass is 28.4. The third-order valence-electron chi connectivity index (χ3n) is 9.65. The average molecular weight is 712 g/mol. The Morgan fingerprint density at radius 1 is 0.520 bits per heavy atom. The van der Waals surface area contributed by atoms with E-state index in [1.165, 1.54) is 0 Å². The maximum Gasteiger partial charge on any atom is 0.282 e. The number of rotatable bonds is 14. The normalized spacial score (nSPS) is 11.8. The van der Waals surface area contributed by atoms with E-state index in [1.54, 1.807) is 0 Å². The van der Waals surface area contributed by atoms with E-state index >= 15 is 4.11 Å². The van der Waals surface area contributed by atoms with Gasteiger partial charge in [0, 0.05) is 13.1 Å². The van der Waals surface area contributed by atoms with Crippen molar-refractivity contribution in [3.63, 3.8) is 0 Å². The van der Waals surface area contributed by atoms with Gasteiger partial charge in [-0.15, -0.1) is 0 Å². The van der Waals surface area contributed by atoms with Crippen molar-refractivity contribution < 1.29 is 18.5 Å². The molecule has 2 amide bonds. The summed E-state index contributed by atoms with van der Waals surface area (Å²) >= 11 is 0. The van der Waals surface area contributed by atoms with Gasteiger partial charge in [-0.2, -0.15) is 0 Å². The highest BCUT2D eigenvalue weighted by Gasteiger charge is 2.43. The zero-order valence-corrected chi connectivity index (χ0v) is 33.2. The van der Waals surface area contributed by atoms with Gasteiger partial charge in [0.2, 0.25) is 20.1 Å². The van der Waals surface area contributed by atoms with E-state index in [1.807, 2.05) is 137 Å². The van der Waals surface area contributed by atoms with E-state index in [2.05, 4.69) is 38.3 Å². The Morgan fingerprint density at radius 2 is 0.860 bits per heavy atom. The molecule has 8 heteroatoms. The molecular weight excluding hydrogens is 655 g/mol. The lowest BCUT2D eigenvalue weighted by molar-refractivity contribution is -0.121. The molecule has 0 saturated heterocycles. The zero-order chi connectivity index (χ0) is 36.9. The minimum atomic E-state index is -3.00. The second-order valence-corrected chi connectivity index (χ2v) is 23.4. The largest absolute Gasteiger partial charge is 0.427 e. The Kier molecular flexibility index (Phi) is 15.4. The number of benzene rings is 4. The zero-order valence-electron chi connectivity index (χ0n) is 31.2. The van der Waals surface area contributed by atoms with Gasteiger partial charge in [-0.1, -0.05) is 165 Å². The van der Waals surface area contributed by atoms with Gasteiger partial charge in [0.05, 0.1) is 12.8 Å². The molecule has 50 heavy (non-hydrogen) atoms. The van der Waals surface area contributed by atoms with Crippen molar-refractivity contribution in [1.82, 2.24) is 10.6 Å². The van der Waals surface area contributed by atoms with Gasteiger partial charge < -0.3 is 19.5 Å². The minimum Gasteiger partial charge on any atom is -0.427 e. The van der Waals surface area contributed by atoms with E-state index in [-0.39, 0.29) is 34.0 Å². The number of hydrogen-bond acceptors (Lipinski definition) is 3. The first-order chi connectivity index (χ1) is 23.7. The fourth-order valence-electron chi connectivity index (χ4n) is 6.52. The van der Waals surface area contributed by atoms with Crippen LogP contribution in [0.15, 0.2) is 109 Å². The fraction of sp³-hybridized carbons (Fsp3) is 0.381. The molecule has 0 spiro atoms. The minimum absolute atomic E-state index is 0.0110. The summed E-state index contributed by atoms with van der Waals surface area (Å²) in [5, 5.41) is 7.75. The molecule has 5 nitrogen and oxygen atoms in total. The van der Waals surface area contributed by atoms with Gasteiger partial charge in [0.25, 0.3) is 8.41 Å². The lowest BCUT2D eigenvalue weighted by atomic mass is 10.1.